The number of sulfonamides is 1. The smallest absolute Gasteiger partial charge is 0.329 e. The third-order valence-electron chi connectivity index (χ3n) is 1.88. The number of nitro groups is 1. The van der Waals surface area contributed by atoms with Crippen molar-refractivity contribution in [2.24, 2.45) is 5.14 Å². The molecule has 0 aliphatic heterocycles. The first kappa shape index (κ1) is 14.1. The molecule has 0 amide bonds. The zero-order valence-corrected chi connectivity index (χ0v) is 10.1. The molecular formula is C7H12N6O4S. The van der Waals surface area contributed by atoms with Crippen LogP contribution < -0.4 is 16.2 Å². The normalized spacial score (nSPS) is 11.2. The Bertz CT molecular complexity index is 545. The molecule has 1 aromatic rings. The first-order chi connectivity index (χ1) is 8.29. The van der Waals surface area contributed by atoms with E-state index in [0.29, 0.717) is 0 Å². The van der Waals surface area contributed by atoms with Crippen molar-refractivity contribution in [3.05, 3.63) is 16.3 Å². The highest BCUT2D eigenvalue weighted by atomic mass is 32.2. The van der Waals surface area contributed by atoms with E-state index in [1.54, 1.807) is 0 Å². The Morgan fingerprint density at radius 1 is 1.50 bits per heavy atom. The average Bonchev–Trinajstić information content (AvgIpc) is 2.22. The summed E-state index contributed by atoms with van der Waals surface area (Å²) in [6.45, 7) is 0.160. The van der Waals surface area contributed by atoms with Gasteiger partial charge in [0, 0.05) is 6.54 Å². The quantitative estimate of drug-likeness (QED) is 0.339. The summed E-state index contributed by atoms with van der Waals surface area (Å²) in [5, 5.41) is 18.1. The Morgan fingerprint density at radius 3 is 2.72 bits per heavy atom. The summed E-state index contributed by atoms with van der Waals surface area (Å²) in [5.41, 5.74) is 4.97. The number of hydrogen-bond donors (Lipinski definition) is 3. The van der Waals surface area contributed by atoms with E-state index in [-0.39, 0.29) is 36.2 Å². The van der Waals surface area contributed by atoms with Crippen molar-refractivity contribution in [2.75, 3.05) is 23.3 Å². The molecule has 10 nitrogen and oxygen atoms in total. The number of rotatable bonds is 6. The summed E-state index contributed by atoms with van der Waals surface area (Å²) in [6.07, 6.45) is 1.17. The average molecular weight is 276 g/mol. The predicted molar refractivity (Wildman–Crippen MR) is 64.2 cm³/mol. The molecule has 1 heterocycles. The van der Waals surface area contributed by atoms with Gasteiger partial charge in [0.25, 0.3) is 0 Å². The molecule has 0 radical (unpaired) electrons. The maximum absolute atomic E-state index is 10.7. The van der Waals surface area contributed by atoms with Crippen LogP contribution in [0.5, 0.6) is 0 Å². The number of hydrogen-bond acceptors (Lipinski definition) is 8. The van der Waals surface area contributed by atoms with E-state index in [0.717, 1.165) is 6.20 Å². The summed E-state index contributed by atoms with van der Waals surface area (Å²) < 4.78 is 21.3. The molecule has 100 valence electrons. The third-order valence-corrected chi connectivity index (χ3v) is 2.74. The maximum atomic E-state index is 10.7. The lowest BCUT2D eigenvalue weighted by molar-refractivity contribution is -0.384. The number of anilines is 2. The van der Waals surface area contributed by atoms with Crippen LogP contribution in [0.15, 0.2) is 6.20 Å². The second-order valence-corrected chi connectivity index (χ2v) is 5.10. The van der Waals surface area contributed by atoms with E-state index < -0.39 is 14.9 Å². The molecule has 0 unspecified atom stereocenters. The second-order valence-electron chi connectivity index (χ2n) is 3.37. The van der Waals surface area contributed by atoms with E-state index in [9.17, 15) is 18.5 Å². The fourth-order valence-electron chi connectivity index (χ4n) is 1.13. The maximum Gasteiger partial charge on any atom is 0.329 e. The van der Waals surface area contributed by atoms with Crippen LogP contribution in [0.1, 0.15) is 6.42 Å². The summed E-state index contributed by atoms with van der Waals surface area (Å²) >= 11 is 0. The van der Waals surface area contributed by atoms with Gasteiger partial charge in [0.15, 0.2) is 0 Å². The van der Waals surface area contributed by atoms with Crippen LogP contribution in [-0.2, 0) is 10.0 Å². The summed E-state index contributed by atoms with van der Waals surface area (Å²) in [5.74, 6) is -0.398. The topological polar surface area (TPSA) is 167 Å². The summed E-state index contributed by atoms with van der Waals surface area (Å²) in [4.78, 5) is 17.1. The van der Waals surface area contributed by atoms with Crippen molar-refractivity contribution < 1.29 is 13.3 Å². The van der Waals surface area contributed by atoms with Crippen molar-refractivity contribution in [1.82, 2.24) is 9.97 Å². The molecule has 1 aromatic heterocycles. The fraction of sp³-hybridized carbons (Fsp3) is 0.429. The molecule has 0 atom stereocenters. The van der Waals surface area contributed by atoms with Gasteiger partial charge in [-0.05, 0) is 6.42 Å². The van der Waals surface area contributed by atoms with Crippen molar-refractivity contribution >= 4 is 27.5 Å². The van der Waals surface area contributed by atoms with Gasteiger partial charge in [-0.3, -0.25) is 10.1 Å². The van der Waals surface area contributed by atoms with Crippen LogP contribution in [0.4, 0.5) is 17.5 Å². The molecule has 0 saturated heterocycles. The molecule has 5 N–H and O–H groups in total. The molecule has 0 spiro atoms. The van der Waals surface area contributed by atoms with Gasteiger partial charge in [0.05, 0.1) is 10.7 Å². The molecule has 18 heavy (non-hydrogen) atoms. The molecule has 0 bridgehead atoms. The number of nitrogen functional groups attached to an aromatic ring is 1. The first-order valence-electron chi connectivity index (χ1n) is 4.81. The number of primary sulfonamides is 1. The van der Waals surface area contributed by atoms with Gasteiger partial charge in [0.1, 0.15) is 6.20 Å². The number of nitrogens with two attached hydrogens (primary N) is 2. The number of nitrogens with zero attached hydrogens (tertiary/aromatic N) is 3. The summed E-state index contributed by atoms with van der Waals surface area (Å²) in [6, 6.07) is 0. The van der Waals surface area contributed by atoms with Crippen LogP contribution in [0, 0.1) is 10.1 Å². The van der Waals surface area contributed by atoms with E-state index in [4.69, 9.17) is 10.9 Å². The van der Waals surface area contributed by atoms with Gasteiger partial charge < -0.3 is 11.1 Å². The van der Waals surface area contributed by atoms with Crippen molar-refractivity contribution in [2.45, 2.75) is 6.42 Å². The SMILES string of the molecule is Nc1ncc([N+](=O)[O-])c(NCCCS(N)(=O)=O)n1. The van der Waals surface area contributed by atoms with Crippen molar-refractivity contribution in [3.63, 3.8) is 0 Å². The van der Waals surface area contributed by atoms with E-state index >= 15 is 0 Å². The highest BCUT2D eigenvalue weighted by molar-refractivity contribution is 7.89. The van der Waals surface area contributed by atoms with E-state index in [2.05, 4.69) is 15.3 Å². The summed E-state index contributed by atoms with van der Waals surface area (Å²) in [7, 11) is -3.54. The Balaban J connectivity index is 2.66. The lowest BCUT2D eigenvalue weighted by Crippen LogP contribution is -2.19. The number of aromatic nitrogens is 2. The minimum atomic E-state index is -3.54. The Hall–Kier alpha value is -2.01. The molecule has 0 aromatic carbocycles. The minimum absolute atomic E-state index is 0.0538. The van der Waals surface area contributed by atoms with Crippen LogP contribution >= 0.6 is 0 Å². The van der Waals surface area contributed by atoms with Gasteiger partial charge >= 0.3 is 5.69 Å². The predicted octanol–water partition coefficient (Wildman–Crippen LogP) is -0.943. The van der Waals surface area contributed by atoms with Crippen molar-refractivity contribution in [3.8, 4) is 0 Å². The van der Waals surface area contributed by atoms with E-state index in [1.165, 1.54) is 0 Å². The van der Waals surface area contributed by atoms with Gasteiger partial charge in [-0.2, -0.15) is 4.98 Å². The molecule has 1 rings (SSSR count). The Kier molecular flexibility index (Phi) is 4.33. The van der Waals surface area contributed by atoms with Crippen LogP contribution in [0.2, 0.25) is 0 Å². The standard InChI is InChI=1S/C7H12N6O4S/c8-7-11-4-5(13(14)15)6(12-7)10-2-1-3-18(9,16)17/h4H,1-3H2,(H2,9,16,17)(H3,8,10,11,12). The minimum Gasteiger partial charge on any atom is -0.368 e. The van der Waals surface area contributed by atoms with Crippen molar-refractivity contribution in [1.29, 1.82) is 0 Å². The van der Waals surface area contributed by atoms with Gasteiger partial charge in [-0.15, -0.1) is 0 Å². The number of nitrogens with one attached hydrogen (secondary N) is 1. The lowest BCUT2D eigenvalue weighted by atomic mass is 10.4. The molecule has 0 fully saturated rings. The molecule has 11 heteroatoms. The third kappa shape index (κ3) is 4.47. The molecule has 0 aliphatic rings. The Morgan fingerprint density at radius 2 is 2.17 bits per heavy atom. The molecule has 0 saturated carbocycles. The van der Waals surface area contributed by atoms with Crippen LogP contribution in [0.3, 0.4) is 0 Å². The van der Waals surface area contributed by atoms with Crippen LogP contribution in [0.25, 0.3) is 0 Å². The molecule has 0 aliphatic carbocycles. The lowest BCUT2D eigenvalue weighted by Gasteiger charge is -2.05. The zero-order chi connectivity index (χ0) is 13.8. The highest BCUT2D eigenvalue weighted by Gasteiger charge is 2.16. The van der Waals surface area contributed by atoms with Crippen LogP contribution in [-0.4, -0.2) is 35.6 Å². The van der Waals surface area contributed by atoms with Gasteiger partial charge in [-0.1, -0.05) is 0 Å². The monoisotopic (exact) mass is 276 g/mol. The Labute approximate surface area is 103 Å². The van der Waals surface area contributed by atoms with E-state index in [1.807, 2.05) is 0 Å². The fourth-order valence-corrected chi connectivity index (χ4v) is 1.68. The highest BCUT2D eigenvalue weighted by Crippen LogP contribution is 2.20. The molecular weight excluding hydrogens is 264 g/mol. The second kappa shape index (κ2) is 5.55. The largest absolute Gasteiger partial charge is 0.368 e. The first-order valence-corrected chi connectivity index (χ1v) is 6.52. The zero-order valence-electron chi connectivity index (χ0n) is 9.24. The van der Waals surface area contributed by atoms with Gasteiger partial charge in [-0.25, -0.2) is 18.5 Å². The van der Waals surface area contributed by atoms with Gasteiger partial charge in [0.2, 0.25) is 21.8 Å².